The lowest BCUT2D eigenvalue weighted by molar-refractivity contribution is 0.0942. The zero-order valence-electron chi connectivity index (χ0n) is 11.0. The molecule has 1 aliphatic rings. The molecule has 0 aromatic heterocycles. The van der Waals surface area contributed by atoms with Crippen LogP contribution in [0.1, 0.15) is 38.1 Å². The summed E-state index contributed by atoms with van der Waals surface area (Å²) >= 11 is 8.10. The largest absolute Gasteiger partial charge is 0.348 e. The van der Waals surface area contributed by atoms with Crippen LogP contribution in [0.4, 0.5) is 0 Å². The third kappa shape index (κ3) is 2.16. The number of carbonyl (C=O) groups excluding carboxylic acids is 1. The van der Waals surface area contributed by atoms with Crippen molar-refractivity contribution in [3.8, 4) is 0 Å². The van der Waals surface area contributed by atoms with E-state index in [1.54, 1.807) is 12.1 Å². The maximum Gasteiger partial charge on any atom is 0.252 e. The highest BCUT2D eigenvalue weighted by atomic mass is 127. The van der Waals surface area contributed by atoms with Crippen LogP contribution in [0.2, 0.25) is 5.02 Å². The number of amides is 1. The summed E-state index contributed by atoms with van der Waals surface area (Å²) in [5.74, 6) is -0.0365. The van der Waals surface area contributed by atoms with Gasteiger partial charge in [-0.3, -0.25) is 4.79 Å². The van der Waals surface area contributed by atoms with Gasteiger partial charge in [0.1, 0.15) is 0 Å². The van der Waals surface area contributed by atoms with Gasteiger partial charge in [-0.2, -0.15) is 0 Å². The van der Waals surface area contributed by atoms with E-state index in [-0.39, 0.29) is 22.8 Å². The van der Waals surface area contributed by atoms with Crippen LogP contribution in [0, 0.1) is 14.4 Å². The number of hydrogen-bond donors (Lipinski definition) is 1. The number of nitrogens with one attached hydrogen (secondary N) is 1. The summed E-state index contributed by atoms with van der Waals surface area (Å²) in [7, 11) is 0. The van der Waals surface area contributed by atoms with Crippen molar-refractivity contribution >= 4 is 40.1 Å². The summed E-state index contributed by atoms with van der Waals surface area (Å²) in [5, 5.41) is 3.71. The molecule has 0 atom stereocenters. The van der Waals surface area contributed by atoms with Gasteiger partial charge in [0.2, 0.25) is 0 Å². The third-order valence-electron chi connectivity index (χ3n) is 4.47. The molecule has 4 heteroatoms. The molecule has 0 heterocycles. The minimum Gasteiger partial charge on any atom is -0.348 e. The van der Waals surface area contributed by atoms with Gasteiger partial charge in [-0.05, 0) is 51.6 Å². The number of carbonyl (C=O) groups is 1. The molecule has 0 unspecified atom stereocenters. The third-order valence-corrected chi connectivity index (χ3v) is 5.64. The van der Waals surface area contributed by atoms with Gasteiger partial charge >= 0.3 is 0 Å². The monoisotopic (exact) mass is 377 g/mol. The van der Waals surface area contributed by atoms with Crippen LogP contribution >= 0.6 is 34.2 Å². The van der Waals surface area contributed by atoms with Crippen molar-refractivity contribution in [2.24, 2.45) is 10.8 Å². The van der Waals surface area contributed by atoms with Crippen molar-refractivity contribution in [3.63, 3.8) is 0 Å². The normalized spacial score (nSPS) is 20.6. The minimum atomic E-state index is -0.0365. The molecular formula is C14H17ClINO. The van der Waals surface area contributed by atoms with E-state index in [0.29, 0.717) is 10.6 Å². The quantitative estimate of drug-likeness (QED) is 0.772. The van der Waals surface area contributed by atoms with Gasteiger partial charge in [0.05, 0.1) is 5.56 Å². The van der Waals surface area contributed by atoms with Gasteiger partial charge in [0, 0.05) is 14.6 Å². The van der Waals surface area contributed by atoms with Gasteiger partial charge < -0.3 is 5.32 Å². The highest BCUT2D eigenvalue weighted by Crippen LogP contribution is 2.62. The first-order valence-electron chi connectivity index (χ1n) is 5.94. The Morgan fingerprint density at radius 1 is 1.28 bits per heavy atom. The smallest absolute Gasteiger partial charge is 0.252 e. The molecule has 1 N–H and O–H groups in total. The molecule has 1 saturated carbocycles. The molecule has 98 valence electrons. The first-order valence-corrected chi connectivity index (χ1v) is 7.39. The lowest BCUT2D eigenvalue weighted by Crippen LogP contribution is -2.30. The zero-order chi connectivity index (χ0) is 13.7. The predicted molar refractivity (Wildman–Crippen MR) is 83.0 cm³/mol. The van der Waals surface area contributed by atoms with Gasteiger partial charge in [-0.15, -0.1) is 0 Å². The number of halogens is 2. The molecule has 1 aromatic rings. The fourth-order valence-corrected chi connectivity index (χ4v) is 3.19. The maximum absolute atomic E-state index is 12.3. The molecule has 0 saturated heterocycles. The van der Waals surface area contributed by atoms with E-state index in [1.807, 2.05) is 6.07 Å². The highest BCUT2D eigenvalue weighted by molar-refractivity contribution is 14.1. The van der Waals surface area contributed by atoms with E-state index in [1.165, 1.54) is 0 Å². The maximum atomic E-state index is 12.3. The lowest BCUT2D eigenvalue weighted by atomic mass is 10.0. The Kier molecular flexibility index (Phi) is 3.43. The molecule has 0 bridgehead atoms. The number of hydrogen-bond acceptors (Lipinski definition) is 1. The molecule has 0 radical (unpaired) electrons. The average molecular weight is 378 g/mol. The molecule has 18 heavy (non-hydrogen) atoms. The van der Waals surface area contributed by atoms with Crippen molar-refractivity contribution in [2.75, 3.05) is 0 Å². The Bertz CT molecular complexity index is 497. The summed E-state index contributed by atoms with van der Waals surface area (Å²) < 4.78 is 0.922. The Hall–Kier alpha value is -0.290. The molecule has 0 spiro atoms. The molecule has 2 nitrogen and oxygen atoms in total. The van der Waals surface area contributed by atoms with Crippen LogP contribution in [-0.4, -0.2) is 11.9 Å². The Morgan fingerprint density at radius 2 is 1.83 bits per heavy atom. The standard InChI is InChI=1S/C14H17ClINO/c1-13(2)12(14(13,3)4)17-11(18)9-7-8(15)5-6-10(9)16/h5-7,12H,1-4H3,(H,17,18). The Balaban J connectivity index is 2.17. The molecule has 0 aliphatic heterocycles. The number of benzene rings is 1. The van der Waals surface area contributed by atoms with E-state index in [4.69, 9.17) is 11.6 Å². The van der Waals surface area contributed by atoms with Crippen molar-refractivity contribution in [1.29, 1.82) is 0 Å². The van der Waals surface area contributed by atoms with Gasteiger partial charge in [-0.1, -0.05) is 39.3 Å². The summed E-state index contributed by atoms with van der Waals surface area (Å²) in [6.07, 6.45) is 0. The Labute approximate surface area is 127 Å². The predicted octanol–water partition coefficient (Wildman–Crippen LogP) is 4.11. The van der Waals surface area contributed by atoms with E-state index < -0.39 is 0 Å². The summed E-state index contributed by atoms with van der Waals surface area (Å²) in [4.78, 5) is 12.3. The van der Waals surface area contributed by atoms with E-state index in [9.17, 15) is 4.79 Å². The van der Waals surface area contributed by atoms with Crippen LogP contribution in [-0.2, 0) is 0 Å². The molecule has 1 aliphatic carbocycles. The fraction of sp³-hybridized carbons (Fsp3) is 0.500. The van der Waals surface area contributed by atoms with E-state index >= 15 is 0 Å². The van der Waals surface area contributed by atoms with E-state index in [2.05, 4.69) is 55.6 Å². The fourth-order valence-electron chi connectivity index (χ4n) is 2.44. The molecule has 1 aromatic carbocycles. The molecule has 1 fully saturated rings. The average Bonchev–Trinajstić information content (AvgIpc) is 2.64. The second kappa shape index (κ2) is 4.37. The van der Waals surface area contributed by atoms with Crippen LogP contribution in [0.5, 0.6) is 0 Å². The van der Waals surface area contributed by atoms with Crippen LogP contribution < -0.4 is 5.32 Å². The summed E-state index contributed by atoms with van der Waals surface area (Å²) in [5.41, 5.74) is 0.945. The van der Waals surface area contributed by atoms with Crippen LogP contribution in [0.15, 0.2) is 18.2 Å². The molecule has 1 amide bonds. The van der Waals surface area contributed by atoms with Crippen LogP contribution in [0.3, 0.4) is 0 Å². The van der Waals surface area contributed by atoms with E-state index in [0.717, 1.165) is 3.57 Å². The van der Waals surface area contributed by atoms with Crippen molar-refractivity contribution in [3.05, 3.63) is 32.4 Å². The second-order valence-electron chi connectivity index (χ2n) is 5.97. The minimum absolute atomic E-state index is 0.0365. The van der Waals surface area contributed by atoms with Gasteiger partial charge in [0.25, 0.3) is 5.91 Å². The lowest BCUT2D eigenvalue weighted by Gasteiger charge is -2.09. The van der Waals surface area contributed by atoms with Gasteiger partial charge in [-0.25, -0.2) is 0 Å². The zero-order valence-corrected chi connectivity index (χ0v) is 13.9. The summed E-state index contributed by atoms with van der Waals surface area (Å²) in [6, 6.07) is 5.60. The molecular weight excluding hydrogens is 361 g/mol. The van der Waals surface area contributed by atoms with Gasteiger partial charge in [0.15, 0.2) is 0 Å². The number of rotatable bonds is 2. The molecule has 2 rings (SSSR count). The topological polar surface area (TPSA) is 29.1 Å². The van der Waals surface area contributed by atoms with Crippen LogP contribution in [0.25, 0.3) is 0 Å². The highest BCUT2D eigenvalue weighted by Gasteiger charge is 2.65. The second-order valence-corrected chi connectivity index (χ2v) is 7.57. The van der Waals surface area contributed by atoms with Crippen molar-refractivity contribution < 1.29 is 4.79 Å². The first-order chi connectivity index (χ1) is 8.18. The Morgan fingerprint density at radius 3 is 2.33 bits per heavy atom. The first kappa shape index (κ1) is 14.1. The van der Waals surface area contributed by atoms with Crippen molar-refractivity contribution in [1.82, 2.24) is 5.32 Å². The van der Waals surface area contributed by atoms with Crippen molar-refractivity contribution in [2.45, 2.75) is 33.7 Å². The SMILES string of the molecule is CC1(C)C(NC(=O)c2cc(Cl)ccc2I)C1(C)C. The summed E-state index contributed by atoms with van der Waals surface area (Å²) in [6.45, 7) is 8.73.